The lowest BCUT2D eigenvalue weighted by Gasteiger charge is -2.19. The molecule has 0 saturated carbocycles. The van der Waals surface area contributed by atoms with Gasteiger partial charge >= 0.3 is 0 Å². The van der Waals surface area contributed by atoms with Crippen molar-refractivity contribution in [3.8, 4) is 0 Å². The highest BCUT2D eigenvalue weighted by atomic mass is 35.5. The van der Waals surface area contributed by atoms with Crippen molar-refractivity contribution in [2.75, 3.05) is 31.9 Å². The third-order valence-corrected chi connectivity index (χ3v) is 5.36. The summed E-state index contributed by atoms with van der Waals surface area (Å²) in [5.74, 6) is 1.16. The maximum Gasteiger partial charge on any atom is 0.156 e. The van der Waals surface area contributed by atoms with E-state index in [1.807, 2.05) is 11.8 Å². The smallest absolute Gasteiger partial charge is 0.156 e. The Hall–Kier alpha value is -0.420. The number of halogens is 2. The van der Waals surface area contributed by atoms with Gasteiger partial charge in [0.1, 0.15) is 0 Å². The predicted molar refractivity (Wildman–Crippen MR) is 111 cm³/mol. The average molecular weight is 390 g/mol. The van der Waals surface area contributed by atoms with Crippen molar-refractivity contribution in [1.82, 2.24) is 10.2 Å². The van der Waals surface area contributed by atoms with Crippen LogP contribution in [0.2, 0.25) is 0 Å². The van der Waals surface area contributed by atoms with Gasteiger partial charge in [0.25, 0.3) is 0 Å². The fourth-order valence-corrected chi connectivity index (χ4v) is 4.15. The van der Waals surface area contributed by atoms with E-state index in [4.69, 9.17) is 0 Å². The molecule has 0 spiro atoms. The Morgan fingerprint density at radius 3 is 2.46 bits per heavy atom. The fourth-order valence-electron chi connectivity index (χ4n) is 3.19. The second kappa shape index (κ2) is 12.0. The molecule has 136 valence electrons. The van der Waals surface area contributed by atoms with Crippen LogP contribution in [-0.4, -0.2) is 48.0 Å². The van der Waals surface area contributed by atoms with E-state index in [2.05, 4.69) is 45.5 Å². The molecule has 1 N–H and O–H groups in total. The van der Waals surface area contributed by atoms with Gasteiger partial charge in [0.15, 0.2) is 5.17 Å². The normalized spacial score (nSPS) is 21.0. The molecule has 0 amide bonds. The quantitative estimate of drug-likeness (QED) is 0.823. The van der Waals surface area contributed by atoms with E-state index in [1.165, 1.54) is 50.9 Å². The Balaban J connectivity index is 0.00000144. The van der Waals surface area contributed by atoms with E-state index in [0.29, 0.717) is 6.04 Å². The van der Waals surface area contributed by atoms with Crippen LogP contribution in [0.1, 0.15) is 31.2 Å². The minimum atomic E-state index is 0. The monoisotopic (exact) mass is 389 g/mol. The summed E-state index contributed by atoms with van der Waals surface area (Å²) in [5.41, 5.74) is 1.39. The molecule has 1 saturated heterocycles. The summed E-state index contributed by atoms with van der Waals surface area (Å²) in [4.78, 5) is 7.29. The van der Waals surface area contributed by atoms with Crippen LogP contribution in [0.15, 0.2) is 35.3 Å². The summed E-state index contributed by atoms with van der Waals surface area (Å²) in [6, 6.07) is 11.2. The van der Waals surface area contributed by atoms with Gasteiger partial charge in [-0.2, -0.15) is 0 Å². The van der Waals surface area contributed by atoms with Gasteiger partial charge in [0.2, 0.25) is 0 Å². The number of benzene rings is 1. The Morgan fingerprint density at radius 2 is 1.75 bits per heavy atom. The topological polar surface area (TPSA) is 27.6 Å². The van der Waals surface area contributed by atoms with Crippen molar-refractivity contribution in [2.45, 2.75) is 38.1 Å². The Labute approximate surface area is 162 Å². The lowest BCUT2D eigenvalue weighted by atomic mass is 10.1. The second-order valence-corrected chi connectivity index (χ2v) is 7.36. The minimum absolute atomic E-state index is 0. The van der Waals surface area contributed by atoms with Gasteiger partial charge < -0.3 is 10.2 Å². The van der Waals surface area contributed by atoms with Crippen LogP contribution in [0.25, 0.3) is 0 Å². The fraction of sp³-hybridized carbons (Fsp3) is 0.611. The van der Waals surface area contributed by atoms with Crippen LogP contribution in [0, 0.1) is 0 Å². The first-order valence-electron chi connectivity index (χ1n) is 8.60. The molecule has 2 heterocycles. The van der Waals surface area contributed by atoms with Crippen LogP contribution in [0.3, 0.4) is 0 Å². The van der Waals surface area contributed by atoms with Gasteiger partial charge in [-0.3, -0.25) is 4.99 Å². The summed E-state index contributed by atoms with van der Waals surface area (Å²) in [7, 11) is 0. The lowest BCUT2D eigenvalue weighted by molar-refractivity contribution is 0.303. The molecule has 3 rings (SSSR count). The van der Waals surface area contributed by atoms with Crippen molar-refractivity contribution in [3.05, 3.63) is 35.9 Å². The molecule has 2 aliphatic heterocycles. The molecule has 6 heteroatoms. The van der Waals surface area contributed by atoms with Crippen molar-refractivity contribution in [2.24, 2.45) is 4.99 Å². The number of rotatable bonds is 5. The number of aliphatic imine (C=N–C) groups is 1. The van der Waals surface area contributed by atoms with E-state index in [0.717, 1.165) is 23.9 Å². The molecular weight excluding hydrogens is 361 g/mol. The molecule has 24 heavy (non-hydrogen) atoms. The molecule has 1 unspecified atom stereocenters. The summed E-state index contributed by atoms with van der Waals surface area (Å²) < 4.78 is 0. The maximum absolute atomic E-state index is 4.66. The zero-order valence-corrected chi connectivity index (χ0v) is 16.6. The number of nitrogens with one attached hydrogen (secondary N) is 1. The molecule has 1 aromatic rings. The molecule has 0 aliphatic carbocycles. The Morgan fingerprint density at radius 1 is 1.04 bits per heavy atom. The molecule has 1 fully saturated rings. The van der Waals surface area contributed by atoms with E-state index in [9.17, 15) is 0 Å². The van der Waals surface area contributed by atoms with Crippen molar-refractivity contribution in [3.63, 3.8) is 0 Å². The Kier molecular flexibility index (Phi) is 10.8. The van der Waals surface area contributed by atoms with E-state index >= 15 is 0 Å². The van der Waals surface area contributed by atoms with Gasteiger partial charge in [0, 0.05) is 12.3 Å². The third kappa shape index (κ3) is 7.22. The summed E-state index contributed by atoms with van der Waals surface area (Å²) in [6.45, 7) is 4.70. The number of amidine groups is 1. The van der Waals surface area contributed by atoms with Gasteiger partial charge in [-0.15, -0.1) is 24.8 Å². The van der Waals surface area contributed by atoms with Crippen LogP contribution in [0.5, 0.6) is 0 Å². The molecule has 1 aromatic carbocycles. The van der Waals surface area contributed by atoms with E-state index in [-0.39, 0.29) is 24.8 Å². The SMILES string of the molecule is Cl.Cl.c1ccc(CC2CN=C(SCCN3CCCCCC3)N2)cc1. The summed E-state index contributed by atoms with van der Waals surface area (Å²) in [6.07, 6.45) is 6.66. The number of hydrogen-bond acceptors (Lipinski definition) is 4. The maximum atomic E-state index is 4.66. The van der Waals surface area contributed by atoms with E-state index in [1.54, 1.807) is 0 Å². The summed E-state index contributed by atoms with van der Waals surface area (Å²) >= 11 is 1.90. The largest absolute Gasteiger partial charge is 0.360 e. The standard InChI is InChI=1S/C18H27N3S.2ClH/c1-2-7-11-21(10-6-1)12-13-22-18-19-15-17(20-18)14-16-8-4-3-5-9-16;;/h3-5,8-9,17H,1-2,6-7,10-15H2,(H,19,20);2*1H. The first-order chi connectivity index (χ1) is 10.9. The third-order valence-electron chi connectivity index (χ3n) is 4.45. The zero-order valence-electron chi connectivity index (χ0n) is 14.2. The molecule has 3 nitrogen and oxygen atoms in total. The van der Waals surface area contributed by atoms with Gasteiger partial charge in [0.05, 0.1) is 12.6 Å². The number of likely N-dealkylation sites (tertiary alicyclic amines) is 1. The van der Waals surface area contributed by atoms with Crippen molar-refractivity contribution in [1.29, 1.82) is 0 Å². The highest BCUT2D eigenvalue weighted by Crippen LogP contribution is 2.14. The average Bonchev–Trinajstić information content (AvgIpc) is 2.82. The first kappa shape index (κ1) is 21.6. The molecule has 2 aliphatic rings. The molecule has 0 aromatic heterocycles. The predicted octanol–water partition coefficient (Wildman–Crippen LogP) is 4.01. The number of hydrogen-bond donors (Lipinski definition) is 1. The van der Waals surface area contributed by atoms with Crippen LogP contribution < -0.4 is 5.32 Å². The van der Waals surface area contributed by atoms with Gasteiger partial charge in [-0.1, -0.05) is 54.9 Å². The molecular formula is C18H29Cl2N3S. The second-order valence-electron chi connectivity index (χ2n) is 6.28. The molecule has 1 atom stereocenters. The zero-order chi connectivity index (χ0) is 15.0. The van der Waals surface area contributed by atoms with Crippen LogP contribution >= 0.6 is 36.6 Å². The van der Waals surface area contributed by atoms with E-state index < -0.39 is 0 Å². The van der Waals surface area contributed by atoms with Crippen molar-refractivity contribution >= 4 is 41.7 Å². The van der Waals surface area contributed by atoms with Crippen LogP contribution in [-0.2, 0) is 6.42 Å². The Bertz CT molecular complexity index is 476. The van der Waals surface area contributed by atoms with Crippen LogP contribution in [0.4, 0.5) is 0 Å². The number of thioether (sulfide) groups is 1. The minimum Gasteiger partial charge on any atom is -0.360 e. The van der Waals surface area contributed by atoms with Crippen molar-refractivity contribution < 1.29 is 0 Å². The first-order valence-corrected chi connectivity index (χ1v) is 9.59. The van der Waals surface area contributed by atoms with Gasteiger partial charge in [-0.05, 0) is 37.9 Å². The van der Waals surface area contributed by atoms with Gasteiger partial charge in [-0.25, -0.2) is 0 Å². The number of nitrogens with zero attached hydrogens (tertiary/aromatic N) is 2. The summed E-state index contributed by atoms with van der Waals surface area (Å²) in [5, 5.41) is 4.73. The highest BCUT2D eigenvalue weighted by Gasteiger charge is 2.18. The molecule has 0 radical (unpaired) electrons. The highest BCUT2D eigenvalue weighted by molar-refractivity contribution is 8.13. The molecule has 0 bridgehead atoms. The lowest BCUT2D eigenvalue weighted by Crippen LogP contribution is -2.32.